The molecule has 1 aliphatic heterocycles. The van der Waals surface area contributed by atoms with Gasteiger partial charge >= 0.3 is 0 Å². The summed E-state index contributed by atoms with van der Waals surface area (Å²) < 4.78 is 0. The van der Waals surface area contributed by atoms with Crippen LogP contribution < -0.4 is 0 Å². The summed E-state index contributed by atoms with van der Waals surface area (Å²) in [6, 6.07) is 0.949. The van der Waals surface area contributed by atoms with Gasteiger partial charge in [0, 0.05) is 10.9 Å². The molecule has 70 valence electrons. The molecule has 0 amide bonds. The monoisotopic (exact) mass is 231 g/mol. The largest absolute Gasteiger partial charge is 0.300 e. The highest BCUT2D eigenvalue weighted by Crippen LogP contribution is 2.27. The standard InChI is InChI=1S/C10H18BrN/c11-9-5-7-12(8-6-9)10-3-1-2-4-10/h9-10H,1-8H2. The van der Waals surface area contributed by atoms with Crippen molar-refractivity contribution in [1.29, 1.82) is 0 Å². The lowest BCUT2D eigenvalue weighted by atomic mass is 10.1. The summed E-state index contributed by atoms with van der Waals surface area (Å²) >= 11 is 3.70. The summed E-state index contributed by atoms with van der Waals surface area (Å²) in [5, 5.41) is 0. The Kier molecular flexibility index (Phi) is 3.08. The minimum atomic E-state index is 0.801. The fourth-order valence-electron chi connectivity index (χ4n) is 2.50. The third-order valence-corrected chi connectivity index (χ3v) is 4.22. The summed E-state index contributed by atoms with van der Waals surface area (Å²) in [4.78, 5) is 3.51. The van der Waals surface area contributed by atoms with Crippen molar-refractivity contribution in [2.24, 2.45) is 0 Å². The van der Waals surface area contributed by atoms with Gasteiger partial charge in [-0.1, -0.05) is 28.8 Å². The van der Waals surface area contributed by atoms with Crippen LogP contribution in [-0.4, -0.2) is 28.9 Å². The Morgan fingerprint density at radius 1 is 0.917 bits per heavy atom. The van der Waals surface area contributed by atoms with Crippen LogP contribution in [0.2, 0.25) is 0 Å². The number of nitrogens with zero attached hydrogens (tertiary/aromatic N) is 1. The van der Waals surface area contributed by atoms with Crippen molar-refractivity contribution in [3.8, 4) is 0 Å². The smallest absolute Gasteiger partial charge is 0.0170 e. The molecule has 0 radical (unpaired) electrons. The van der Waals surface area contributed by atoms with Gasteiger partial charge in [-0.05, 0) is 38.8 Å². The molecule has 0 bridgehead atoms. The molecule has 0 aromatic carbocycles. The molecule has 1 aliphatic carbocycles. The molecule has 0 aromatic heterocycles. The Bertz CT molecular complexity index is 135. The van der Waals surface area contributed by atoms with Crippen LogP contribution in [0.1, 0.15) is 38.5 Å². The van der Waals surface area contributed by atoms with Crippen molar-refractivity contribution in [3.63, 3.8) is 0 Å². The molecule has 0 N–H and O–H groups in total. The van der Waals surface area contributed by atoms with Crippen LogP contribution in [0.5, 0.6) is 0 Å². The first-order valence-electron chi connectivity index (χ1n) is 5.24. The van der Waals surface area contributed by atoms with E-state index in [1.165, 1.54) is 51.6 Å². The van der Waals surface area contributed by atoms with E-state index >= 15 is 0 Å². The SMILES string of the molecule is BrC1CCN(C2CCCC2)CC1. The van der Waals surface area contributed by atoms with E-state index in [1.807, 2.05) is 0 Å². The Hall–Kier alpha value is 0.440. The van der Waals surface area contributed by atoms with Gasteiger partial charge in [0.15, 0.2) is 0 Å². The quantitative estimate of drug-likeness (QED) is 0.628. The second-order valence-electron chi connectivity index (χ2n) is 4.15. The first kappa shape index (κ1) is 9.01. The Labute approximate surface area is 83.6 Å². The van der Waals surface area contributed by atoms with Crippen LogP contribution in [0.25, 0.3) is 0 Å². The first-order valence-corrected chi connectivity index (χ1v) is 6.16. The fraction of sp³-hybridized carbons (Fsp3) is 1.00. The second kappa shape index (κ2) is 4.10. The van der Waals surface area contributed by atoms with E-state index in [1.54, 1.807) is 0 Å². The molecule has 1 nitrogen and oxygen atoms in total. The predicted octanol–water partition coefficient (Wildman–Crippen LogP) is 2.79. The molecule has 2 rings (SSSR count). The number of piperidine rings is 1. The molecule has 2 heteroatoms. The van der Waals surface area contributed by atoms with Crippen molar-refractivity contribution in [2.45, 2.75) is 49.4 Å². The molecular formula is C10H18BrN. The number of rotatable bonds is 1. The molecule has 0 unspecified atom stereocenters. The molecule has 1 saturated heterocycles. The summed E-state index contributed by atoms with van der Waals surface area (Å²) in [6.07, 6.45) is 8.59. The third-order valence-electron chi connectivity index (χ3n) is 3.30. The molecule has 0 spiro atoms. The van der Waals surface area contributed by atoms with E-state index in [9.17, 15) is 0 Å². The van der Waals surface area contributed by atoms with E-state index in [0.29, 0.717) is 0 Å². The number of hydrogen-bond donors (Lipinski definition) is 0. The minimum Gasteiger partial charge on any atom is -0.300 e. The maximum absolute atomic E-state index is 3.70. The molecule has 1 saturated carbocycles. The Morgan fingerprint density at radius 3 is 2.08 bits per heavy atom. The predicted molar refractivity (Wildman–Crippen MR) is 55.8 cm³/mol. The lowest BCUT2D eigenvalue weighted by molar-refractivity contribution is 0.169. The molecule has 12 heavy (non-hydrogen) atoms. The van der Waals surface area contributed by atoms with Gasteiger partial charge < -0.3 is 4.90 Å². The van der Waals surface area contributed by atoms with Gasteiger partial charge in [-0.2, -0.15) is 0 Å². The average molecular weight is 232 g/mol. The zero-order valence-corrected chi connectivity index (χ0v) is 9.22. The lowest BCUT2D eigenvalue weighted by Gasteiger charge is -2.34. The highest BCUT2D eigenvalue weighted by Gasteiger charge is 2.25. The van der Waals surface area contributed by atoms with Gasteiger partial charge in [-0.25, -0.2) is 0 Å². The van der Waals surface area contributed by atoms with Gasteiger partial charge in [0.1, 0.15) is 0 Å². The fourth-order valence-corrected chi connectivity index (χ4v) is 2.91. The molecule has 2 aliphatic rings. The van der Waals surface area contributed by atoms with E-state index in [4.69, 9.17) is 0 Å². The van der Waals surface area contributed by atoms with E-state index in [0.717, 1.165) is 10.9 Å². The molecule has 2 fully saturated rings. The number of likely N-dealkylation sites (tertiary alicyclic amines) is 1. The van der Waals surface area contributed by atoms with Crippen molar-refractivity contribution in [2.75, 3.05) is 13.1 Å². The van der Waals surface area contributed by atoms with Crippen LogP contribution in [0.3, 0.4) is 0 Å². The summed E-state index contributed by atoms with van der Waals surface area (Å²) in [6.45, 7) is 2.67. The van der Waals surface area contributed by atoms with Crippen LogP contribution in [0.15, 0.2) is 0 Å². The van der Waals surface area contributed by atoms with Crippen LogP contribution in [0.4, 0.5) is 0 Å². The summed E-state index contributed by atoms with van der Waals surface area (Å²) in [5.74, 6) is 0. The van der Waals surface area contributed by atoms with Crippen molar-refractivity contribution in [1.82, 2.24) is 4.90 Å². The van der Waals surface area contributed by atoms with Gasteiger partial charge in [0.2, 0.25) is 0 Å². The maximum atomic E-state index is 3.70. The molecule has 0 atom stereocenters. The number of alkyl halides is 1. The second-order valence-corrected chi connectivity index (χ2v) is 5.44. The maximum Gasteiger partial charge on any atom is 0.0170 e. The van der Waals surface area contributed by atoms with Crippen molar-refractivity contribution < 1.29 is 0 Å². The van der Waals surface area contributed by atoms with Crippen LogP contribution in [0, 0.1) is 0 Å². The first-order chi connectivity index (χ1) is 5.86. The molecule has 0 aromatic rings. The van der Waals surface area contributed by atoms with Gasteiger partial charge in [-0.3, -0.25) is 0 Å². The van der Waals surface area contributed by atoms with Gasteiger partial charge in [-0.15, -0.1) is 0 Å². The Balaban J connectivity index is 1.80. The highest BCUT2D eigenvalue weighted by molar-refractivity contribution is 9.09. The Morgan fingerprint density at radius 2 is 1.50 bits per heavy atom. The number of hydrogen-bond acceptors (Lipinski definition) is 1. The van der Waals surface area contributed by atoms with Crippen molar-refractivity contribution >= 4 is 15.9 Å². The lowest BCUT2D eigenvalue weighted by Crippen LogP contribution is -2.40. The summed E-state index contributed by atoms with van der Waals surface area (Å²) in [7, 11) is 0. The van der Waals surface area contributed by atoms with E-state index < -0.39 is 0 Å². The summed E-state index contributed by atoms with van der Waals surface area (Å²) in [5.41, 5.74) is 0. The zero-order valence-electron chi connectivity index (χ0n) is 7.64. The van der Waals surface area contributed by atoms with Crippen molar-refractivity contribution in [3.05, 3.63) is 0 Å². The van der Waals surface area contributed by atoms with Crippen LogP contribution in [-0.2, 0) is 0 Å². The van der Waals surface area contributed by atoms with Crippen LogP contribution >= 0.6 is 15.9 Å². The topological polar surface area (TPSA) is 3.24 Å². The average Bonchev–Trinajstić information content (AvgIpc) is 2.58. The zero-order chi connectivity index (χ0) is 8.39. The highest BCUT2D eigenvalue weighted by atomic mass is 79.9. The number of halogens is 1. The minimum absolute atomic E-state index is 0.801. The van der Waals surface area contributed by atoms with E-state index in [2.05, 4.69) is 20.8 Å². The van der Waals surface area contributed by atoms with Gasteiger partial charge in [0.05, 0.1) is 0 Å². The molecular weight excluding hydrogens is 214 g/mol. The normalized spacial score (nSPS) is 29.8. The van der Waals surface area contributed by atoms with E-state index in [-0.39, 0.29) is 0 Å². The van der Waals surface area contributed by atoms with Gasteiger partial charge in [0.25, 0.3) is 0 Å². The third kappa shape index (κ3) is 2.02. The molecule has 1 heterocycles.